The van der Waals surface area contributed by atoms with E-state index in [1.54, 1.807) is 0 Å². The molecule has 0 amide bonds. The number of nitrogens with one attached hydrogen (secondary N) is 1. The van der Waals surface area contributed by atoms with E-state index in [1.807, 2.05) is 25.9 Å². The van der Waals surface area contributed by atoms with Gasteiger partial charge in [-0.15, -0.1) is 0 Å². The first-order valence-corrected chi connectivity index (χ1v) is 8.31. The number of hydrogen-bond acceptors (Lipinski definition) is 4. The lowest BCUT2D eigenvalue weighted by molar-refractivity contribution is -0.142. The fourth-order valence-corrected chi connectivity index (χ4v) is 3.65. The fraction of sp³-hybridized carbons (Fsp3) is 0.917. The van der Waals surface area contributed by atoms with Crippen molar-refractivity contribution < 1.29 is 18.3 Å². The van der Waals surface area contributed by atoms with Crippen molar-refractivity contribution in [3.05, 3.63) is 0 Å². The Morgan fingerprint density at radius 2 is 1.95 bits per heavy atom. The lowest BCUT2D eigenvalue weighted by Gasteiger charge is -2.30. The molecule has 1 fully saturated rings. The summed E-state index contributed by atoms with van der Waals surface area (Å²) in [6.45, 7) is 3.19. The summed E-state index contributed by atoms with van der Waals surface area (Å²) in [5.41, 5.74) is 0. The quantitative estimate of drug-likeness (QED) is 0.689. The van der Waals surface area contributed by atoms with Gasteiger partial charge in [-0.1, -0.05) is 0 Å². The van der Waals surface area contributed by atoms with Crippen LogP contribution in [0.2, 0.25) is 0 Å². The van der Waals surface area contributed by atoms with E-state index in [2.05, 4.69) is 4.72 Å². The third-order valence-electron chi connectivity index (χ3n) is 3.50. The van der Waals surface area contributed by atoms with E-state index >= 15 is 0 Å². The standard InChI is InChI=1S/C12H25N3O4S/c1-10(4-7-14(2)3)13-20(18,19)15-8-5-11(6-9-15)12(16)17/h10-11,13H,4-9H2,1-3H3,(H,16,17). The summed E-state index contributed by atoms with van der Waals surface area (Å²) in [7, 11) is 0.377. The lowest BCUT2D eigenvalue weighted by atomic mass is 9.99. The second kappa shape index (κ2) is 7.35. The van der Waals surface area contributed by atoms with Crippen LogP contribution in [0.1, 0.15) is 26.2 Å². The molecule has 1 aliphatic heterocycles. The summed E-state index contributed by atoms with van der Waals surface area (Å²) in [4.78, 5) is 12.9. The van der Waals surface area contributed by atoms with E-state index in [1.165, 1.54) is 4.31 Å². The van der Waals surface area contributed by atoms with Crippen LogP contribution in [0.4, 0.5) is 0 Å². The van der Waals surface area contributed by atoms with Gasteiger partial charge in [0.15, 0.2) is 0 Å². The molecule has 7 nitrogen and oxygen atoms in total. The molecule has 0 aromatic rings. The van der Waals surface area contributed by atoms with Gasteiger partial charge >= 0.3 is 5.97 Å². The molecule has 1 heterocycles. The molecule has 8 heteroatoms. The van der Waals surface area contributed by atoms with Crippen molar-refractivity contribution in [2.45, 2.75) is 32.2 Å². The maximum absolute atomic E-state index is 12.2. The highest BCUT2D eigenvalue weighted by atomic mass is 32.2. The highest BCUT2D eigenvalue weighted by Gasteiger charge is 2.31. The monoisotopic (exact) mass is 307 g/mol. The summed E-state index contributed by atoms with van der Waals surface area (Å²) in [5, 5.41) is 8.91. The molecule has 0 aromatic carbocycles. The van der Waals surface area contributed by atoms with Gasteiger partial charge in [-0.25, -0.2) is 0 Å². The van der Waals surface area contributed by atoms with Crippen molar-refractivity contribution in [2.75, 3.05) is 33.7 Å². The van der Waals surface area contributed by atoms with Crippen molar-refractivity contribution in [1.29, 1.82) is 0 Å². The van der Waals surface area contributed by atoms with Gasteiger partial charge in [0.05, 0.1) is 5.92 Å². The number of rotatable bonds is 7. The van der Waals surface area contributed by atoms with Gasteiger partial charge < -0.3 is 10.0 Å². The summed E-state index contributed by atoms with van der Waals surface area (Å²) < 4.78 is 28.3. The van der Waals surface area contributed by atoms with Crippen LogP contribution >= 0.6 is 0 Å². The topological polar surface area (TPSA) is 90.0 Å². The third kappa shape index (κ3) is 5.35. The minimum atomic E-state index is -3.51. The Labute approximate surface area is 121 Å². The normalized spacial score (nSPS) is 20.2. The fourth-order valence-electron chi connectivity index (χ4n) is 2.18. The van der Waals surface area contributed by atoms with Crippen molar-refractivity contribution in [3.8, 4) is 0 Å². The van der Waals surface area contributed by atoms with Crippen LogP contribution in [0.15, 0.2) is 0 Å². The van der Waals surface area contributed by atoms with E-state index in [4.69, 9.17) is 5.11 Å². The number of carboxylic acids is 1. The maximum Gasteiger partial charge on any atom is 0.306 e. The zero-order valence-corrected chi connectivity index (χ0v) is 13.2. The van der Waals surface area contributed by atoms with Gasteiger partial charge in [0.1, 0.15) is 0 Å². The Balaban J connectivity index is 2.47. The first-order valence-electron chi connectivity index (χ1n) is 6.87. The van der Waals surface area contributed by atoms with Crippen LogP contribution in [0.25, 0.3) is 0 Å². The minimum Gasteiger partial charge on any atom is -0.481 e. The van der Waals surface area contributed by atoms with E-state index in [9.17, 15) is 13.2 Å². The zero-order chi connectivity index (χ0) is 15.3. The lowest BCUT2D eigenvalue weighted by Crippen LogP contribution is -2.48. The highest BCUT2D eigenvalue weighted by molar-refractivity contribution is 7.87. The van der Waals surface area contributed by atoms with Crippen LogP contribution in [0.3, 0.4) is 0 Å². The van der Waals surface area contributed by atoms with E-state index in [0.29, 0.717) is 12.8 Å². The van der Waals surface area contributed by atoms with Crippen molar-refractivity contribution in [1.82, 2.24) is 13.9 Å². The molecular formula is C12H25N3O4S. The molecule has 0 radical (unpaired) electrons. The average molecular weight is 307 g/mol. The van der Waals surface area contributed by atoms with E-state index in [-0.39, 0.29) is 19.1 Å². The number of aliphatic carboxylic acids is 1. The molecular weight excluding hydrogens is 282 g/mol. The number of carbonyl (C=O) groups is 1. The maximum atomic E-state index is 12.2. The second-order valence-electron chi connectivity index (χ2n) is 5.63. The van der Waals surface area contributed by atoms with Gasteiger partial charge in [0.25, 0.3) is 10.2 Å². The molecule has 2 N–H and O–H groups in total. The Morgan fingerprint density at radius 3 is 2.40 bits per heavy atom. The van der Waals surface area contributed by atoms with E-state index in [0.717, 1.165) is 13.0 Å². The predicted octanol–water partition coefficient (Wildman–Crippen LogP) is -0.0424. The molecule has 1 rings (SSSR count). The smallest absolute Gasteiger partial charge is 0.306 e. The molecule has 1 unspecified atom stereocenters. The molecule has 0 bridgehead atoms. The molecule has 0 aliphatic carbocycles. The summed E-state index contributed by atoms with van der Waals surface area (Å²) in [5.74, 6) is -1.26. The summed E-state index contributed by atoms with van der Waals surface area (Å²) in [6, 6.07) is -0.139. The van der Waals surface area contributed by atoms with Gasteiger partial charge in [0.2, 0.25) is 0 Å². The molecule has 1 saturated heterocycles. The van der Waals surface area contributed by atoms with Crippen molar-refractivity contribution >= 4 is 16.2 Å². The number of hydrogen-bond donors (Lipinski definition) is 2. The third-order valence-corrected chi connectivity index (χ3v) is 5.25. The first-order chi connectivity index (χ1) is 9.22. The van der Waals surface area contributed by atoms with Crippen LogP contribution < -0.4 is 4.72 Å². The zero-order valence-electron chi connectivity index (χ0n) is 12.4. The molecule has 0 spiro atoms. The molecule has 0 saturated carbocycles. The second-order valence-corrected chi connectivity index (χ2v) is 7.33. The predicted molar refractivity (Wildman–Crippen MR) is 76.6 cm³/mol. The molecule has 20 heavy (non-hydrogen) atoms. The number of nitrogens with zero attached hydrogens (tertiary/aromatic N) is 2. The largest absolute Gasteiger partial charge is 0.481 e. The molecule has 0 aromatic heterocycles. The highest BCUT2D eigenvalue weighted by Crippen LogP contribution is 2.19. The van der Waals surface area contributed by atoms with Gasteiger partial charge in [0, 0.05) is 19.1 Å². The number of carboxylic acid groups (broad SMARTS) is 1. The Bertz CT molecular complexity index is 416. The number of piperidine rings is 1. The summed E-state index contributed by atoms with van der Waals surface area (Å²) in [6.07, 6.45) is 1.49. The minimum absolute atomic E-state index is 0.139. The first kappa shape index (κ1) is 17.4. The van der Waals surface area contributed by atoms with Gasteiger partial charge in [-0.2, -0.15) is 17.4 Å². The van der Waals surface area contributed by atoms with Crippen molar-refractivity contribution in [2.24, 2.45) is 5.92 Å². The van der Waals surface area contributed by atoms with Crippen LogP contribution in [0.5, 0.6) is 0 Å². The molecule has 1 atom stereocenters. The Kier molecular flexibility index (Phi) is 6.38. The van der Waals surface area contributed by atoms with Gasteiger partial charge in [-0.05, 0) is 46.8 Å². The van der Waals surface area contributed by atoms with E-state index < -0.39 is 22.1 Å². The molecule has 118 valence electrons. The molecule has 1 aliphatic rings. The average Bonchev–Trinajstić information content (AvgIpc) is 2.36. The van der Waals surface area contributed by atoms with Crippen LogP contribution in [-0.4, -0.2) is 68.5 Å². The SMILES string of the molecule is CC(CCN(C)C)NS(=O)(=O)N1CCC(C(=O)O)CC1. The Morgan fingerprint density at radius 1 is 1.40 bits per heavy atom. The van der Waals surface area contributed by atoms with Crippen molar-refractivity contribution in [3.63, 3.8) is 0 Å². The van der Waals surface area contributed by atoms with Crippen LogP contribution in [0, 0.1) is 5.92 Å². The Hall–Kier alpha value is -0.700. The van der Waals surface area contributed by atoms with Crippen LogP contribution in [-0.2, 0) is 15.0 Å². The summed E-state index contributed by atoms with van der Waals surface area (Å²) >= 11 is 0. The van der Waals surface area contributed by atoms with Gasteiger partial charge in [-0.3, -0.25) is 4.79 Å².